The number of ether oxygens (including phenoxy) is 3. The van der Waals surface area contributed by atoms with Crippen molar-refractivity contribution in [3.05, 3.63) is 0 Å². The third-order valence-corrected chi connectivity index (χ3v) is 3.79. The minimum atomic E-state index is -0.737. The normalized spacial score (nSPS) is 27.6. The molecular weight excluding hydrogens is 300 g/mol. The molecule has 2 fully saturated rings. The first kappa shape index (κ1) is 17.8. The smallest absolute Gasteiger partial charge is 0.444 e. The highest BCUT2D eigenvalue weighted by atomic mass is 16.7. The molecule has 1 N–H and O–H groups in total. The molecule has 0 aliphatic carbocycles. The Kier molecular flexibility index (Phi) is 4.54. The molecule has 23 heavy (non-hydrogen) atoms. The van der Waals surface area contributed by atoms with E-state index in [0.717, 1.165) is 0 Å². The lowest BCUT2D eigenvalue weighted by molar-refractivity contribution is -0.0649. The quantitative estimate of drug-likeness (QED) is 0.743. The zero-order chi connectivity index (χ0) is 17.5. The molecule has 132 valence electrons. The molecular formula is C16H28N2O5. The highest BCUT2D eigenvalue weighted by Crippen LogP contribution is 2.35. The summed E-state index contributed by atoms with van der Waals surface area (Å²) in [6.07, 6.45) is -1.07. The van der Waals surface area contributed by atoms with Crippen molar-refractivity contribution >= 4 is 12.2 Å². The van der Waals surface area contributed by atoms with Crippen LogP contribution in [0.1, 0.15) is 41.5 Å². The van der Waals surface area contributed by atoms with Gasteiger partial charge in [0.05, 0.1) is 6.54 Å². The number of hydrogen-bond acceptors (Lipinski definition) is 6. The van der Waals surface area contributed by atoms with Gasteiger partial charge >= 0.3 is 12.2 Å². The summed E-state index contributed by atoms with van der Waals surface area (Å²) in [6.45, 7) is 12.9. The Hall–Kier alpha value is -1.50. The molecule has 2 rings (SSSR count). The van der Waals surface area contributed by atoms with Crippen molar-refractivity contribution < 1.29 is 23.8 Å². The van der Waals surface area contributed by atoms with E-state index in [4.69, 9.17) is 14.2 Å². The second-order valence-corrected chi connectivity index (χ2v) is 8.32. The van der Waals surface area contributed by atoms with E-state index < -0.39 is 23.0 Å². The molecule has 0 aromatic heterocycles. The van der Waals surface area contributed by atoms with E-state index in [-0.39, 0.29) is 12.0 Å². The van der Waals surface area contributed by atoms with Gasteiger partial charge < -0.3 is 24.4 Å². The van der Waals surface area contributed by atoms with Crippen LogP contribution in [-0.2, 0) is 14.2 Å². The molecule has 0 aromatic rings. The number of nitrogens with one attached hydrogen (secondary N) is 1. The topological polar surface area (TPSA) is 77.1 Å². The summed E-state index contributed by atoms with van der Waals surface area (Å²) in [6, 6.07) is 0. The fraction of sp³-hybridized carbons (Fsp3) is 0.875. The van der Waals surface area contributed by atoms with Crippen LogP contribution in [0.2, 0.25) is 0 Å². The van der Waals surface area contributed by atoms with Gasteiger partial charge in [-0.05, 0) is 41.5 Å². The van der Waals surface area contributed by atoms with E-state index in [1.807, 2.05) is 20.8 Å². The summed E-state index contributed by atoms with van der Waals surface area (Å²) in [5.41, 5.74) is -1.90. The average molecular weight is 328 g/mol. The van der Waals surface area contributed by atoms with E-state index in [0.29, 0.717) is 26.2 Å². The molecule has 0 radical (unpaired) electrons. The lowest BCUT2D eigenvalue weighted by Crippen LogP contribution is -2.46. The Morgan fingerprint density at radius 1 is 1.09 bits per heavy atom. The van der Waals surface area contributed by atoms with Crippen LogP contribution in [0.15, 0.2) is 0 Å². The first-order valence-corrected chi connectivity index (χ1v) is 8.01. The summed E-state index contributed by atoms with van der Waals surface area (Å²) >= 11 is 0. The van der Waals surface area contributed by atoms with E-state index in [2.05, 4.69) is 5.32 Å². The first-order chi connectivity index (χ1) is 10.4. The molecule has 0 bridgehead atoms. The van der Waals surface area contributed by atoms with Gasteiger partial charge in [-0.2, -0.15) is 0 Å². The molecule has 1 amide bonds. The van der Waals surface area contributed by atoms with Crippen molar-refractivity contribution in [1.29, 1.82) is 0 Å². The third kappa shape index (κ3) is 4.50. The fourth-order valence-corrected chi connectivity index (χ4v) is 2.91. The van der Waals surface area contributed by atoms with Gasteiger partial charge in [-0.25, -0.2) is 9.59 Å². The predicted octanol–water partition coefficient (Wildman–Crippen LogP) is 2.15. The van der Waals surface area contributed by atoms with Gasteiger partial charge in [-0.15, -0.1) is 0 Å². The third-order valence-electron chi connectivity index (χ3n) is 3.79. The second kappa shape index (κ2) is 5.85. The van der Waals surface area contributed by atoms with E-state index in [1.165, 1.54) is 0 Å². The van der Waals surface area contributed by atoms with Crippen LogP contribution in [0.4, 0.5) is 9.59 Å². The largest absolute Gasteiger partial charge is 0.509 e. The van der Waals surface area contributed by atoms with Crippen LogP contribution < -0.4 is 5.32 Å². The monoisotopic (exact) mass is 328 g/mol. The minimum Gasteiger partial charge on any atom is -0.444 e. The molecule has 0 aromatic carbocycles. The summed E-state index contributed by atoms with van der Waals surface area (Å²) < 4.78 is 16.3. The Morgan fingerprint density at radius 2 is 1.70 bits per heavy atom. The summed E-state index contributed by atoms with van der Waals surface area (Å²) in [7, 11) is 0. The number of hydrogen-bond donors (Lipinski definition) is 1. The summed E-state index contributed by atoms with van der Waals surface area (Å²) in [5.74, 6) is 0.0440. The van der Waals surface area contributed by atoms with Gasteiger partial charge in [0.15, 0.2) is 5.60 Å². The average Bonchev–Trinajstić information content (AvgIpc) is 2.79. The Labute approximate surface area is 137 Å². The Bertz CT molecular complexity index is 480. The van der Waals surface area contributed by atoms with Crippen LogP contribution in [0.5, 0.6) is 0 Å². The SMILES string of the molecule is CC(C)(C)OC(=O)OC12CNCC1CN(C(=O)OC(C)(C)C)C2. The number of likely N-dealkylation sites (tertiary alicyclic amines) is 1. The number of nitrogens with zero attached hydrogens (tertiary/aromatic N) is 1. The fourth-order valence-electron chi connectivity index (χ4n) is 2.91. The maximum Gasteiger partial charge on any atom is 0.509 e. The lowest BCUT2D eigenvalue weighted by Gasteiger charge is -2.30. The molecule has 7 nitrogen and oxygen atoms in total. The van der Waals surface area contributed by atoms with Gasteiger partial charge in [0.25, 0.3) is 0 Å². The summed E-state index contributed by atoms with van der Waals surface area (Å²) in [5, 5.41) is 3.23. The molecule has 7 heteroatoms. The van der Waals surface area contributed by atoms with Crippen LogP contribution in [-0.4, -0.2) is 60.1 Å². The number of rotatable bonds is 1. The zero-order valence-corrected chi connectivity index (χ0v) is 14.9. The molecule has 2 atom stereocenters. The molecule has 2 aliphatic rings. The van der Waals surface area contributed by atoms with Gasteiger partial charge in [0, 0.05) is 25.6 Å². The molecule has 0 saturated carbocycles. The number of fused-ring (bicyclic) bond motifs is 1. The number of carbonyl (C=O) groups is 2. The lowest BCUT2D eigenvalue weighted by atomic mass is 9.95. The van der Waals surface area contributed by atoms with Crippen molar-refractivity contribution in [2.24, 2.45) is 5.92 Å². The van der Waals surface area contributed by atoms with Crippen LogP contribution in [0.3, 0.4) is 0 Å². The van der Waals surface area contributed by atoms with Gasteiger partial charge in [-0.1, -0.05) is 0 Å². The first-order valence-electron chi connectivity index (χ1n) is 8.01. The second-order valence-electron chi connectivity index (χ2n) is 8.32. The molecule has 0 spiro atoms. The minimum absolute atomic E-state index is 0.0440. The maximum atomic E-state index is 12.3. The van der Waals surface area contributed by atoms with Crippen molar-refractivity contribution in [1.82, 2.24) is 10.2 Å². The molecule has 2 heterocycles. The highest BCUT2D eigenvalue weighted by Gasteiger charge is 2.55. The summed E-state index contributed by atoms with van der Waals surface area (Å²) in [4.78, 5) is 25.9. The standard InChI is InChI=1S/C16H28N2O5/c1-14(2,3)21-12(19)18-8-11-7-17-9-16(11,10-18)23-13(20)22-15(4,5)6/h11,17H,7-10H2,1-6H3. The Morgan fingerprint density at radius 3 is 2.26 bits per heavy atom. The maximum absolute atomic E-state index is 12.3. The van der Waals surface area contributed by atoms with Gasteiger partial charge in [0.2, 0.25) is 0 Å². The van der Waals surface area contributed by atoms with Crippen LogP contribution >= 0.6 is 0 Å². The predicted molar refractivity (Wildman–Crippen MR) is 84.2 cm³/mol. The van der Waals surface area contributed by atoms with Crippen molar-refractivity contribution in [3.8, 4) is 0 Å². The zero-order valence-electron chi connectivity index (χ0n) is 14.9. The van der Waals surface area contributed by atoms with Crippen molar-refractivity contribution in [2.75, 3.05) is 26.2 Å². The van der Waals surface area contributed by atoms with Gasteiger partial charge in [-0.3, -0.25) is 0 Å². The number of carbonyl (C=O) groups excluding carboxylic acids is 2. The van der Waals surface area contributed by atoms with Gasteiger partial charge in [0.1, 0.15) is 11.2 Å². The van der Waals surface area contributed by atoms with Crippen LogP contribution in [0, 0.1) is 5.92 Å². The molecule has 2 saturated heterocycles. The van der Waals surface area contributed by atoms with Crippen molar-refractivity contribution in [3.63, 3.8) is 0 Å². The molecule has 2 aliphatic heterocycles. The Balaban J connectivity index is 2.03. The van der Waals surface area contributed by atoms with E-state index >= 15 is 0 Å². The van der Waals surface area contributed by atoms with Crippen molar-refractivity contribution in [2.45, 2.75) is 58.3 Å². The van der Waals surface area contributed by atoms with E-state index in [9.17, 15) is 9.59 Å². The van der Waals surface area contributed by atoms with E-state index in [1.54, 1.807) is 25.7 Å². The number of amides is 1. The molecule has 2 unspecified atom stereocenters. The van der Waals surface area contributed by atoms with Crippen LogP contribution in [0.25, 0.3) is 0 Å². The highest BCUT2D eigenvalue weighted by molar-refractivity contribution is 5.69.